The largest absolute Gasteiger partial charge is 1.00 e. The van der Waals surface area contributed by atoms with E-state index in [4.69, 9.17) is 9.31 Å². The molecule has 0 radical (unpaired) electrons. The zero-order valence-electron chi connectivity index (χ0n) is 7.08. The van der Waals surface area contributed by atoms with Crippen molar-refractivity contribution < 1.29 is 67.5 Å². The predicted octanol–water partition coefficient (Wildman–Crippen LogP) is -2.32. The molecule has 0 spiro atoms. The molecule has 0 N–H and O–H groups in total. The summed E-state index contributed by atoms with van der Waals surface area (Å²) in [6.45, 7) is 1.62. The van der Waals surface area contributed by atoms with Gasteiger partial charge in [0.1, 0.15) is 0 Å². The van der Waals surface area contributed by atoms with Crippen molar-refractivity contribution in [3.63, 3.8) is 0 Å². The molecule has 1 aliphatic heterocycles. The van der Waals surface area contributed by atoms with Crippen LogP contribution in [-0.4, -0.2) is 20.3 Å². The van der Waals surface area contributed by atoms with E-state index >= 15 is 0 Å². The minimum atomic E-state index is -0.125. The van der Waals surface area contributed by atoms with Gasteiger partial charge >= 0.3 is 65.3 Å². The monoisotopic (exact) mass is 252 g/mol. The van der Waals surface area contributed by atoms with Crippen molar-refractivity contribution in [3.8, 4) is 0 Å². The summed E-state index contributed by atoms with van der Waals surface area (Å²) in [5, 5.41) is 3.01. The van der Waals surface area contributed by atoms with E-state index < -0.39 is 0 Å². The summed E-state index contributed by atoms with van der Waals surface area (Å²) < 4.78 is 11.9. The Morgan fingerprint density at radius 1 is 1.42 bits per heavy atom. The van der Waals surface area contributed by atoms with E-state index in [1.165, 1.54) is 0 Å². The zero-order chi connectivity index (χ0) is 7.52. The molecule has 2 rings (SSSR count). The molecule has 1 aromatic heterocycles. The molecule has 0 atom stereocenters. The quantitative estimate of drug-likeness (QED) is 0.413. The third-order valence-electron chi connectivity index (χ3n) is 1.55. The Hall–Kier alpha value is 1.49. The van der Waals surface area contributed by atoms with Crippen molar-refractivity contribution in [3.05, 3.63) is 17.5 Å². The zero-order valence-corrected chi connectivity index (χ0v) is 12.8. The van der Waals surface area contributed by atoms with E-state index in [1.54, 1.807) is 11.3 Å². The molecule has 1 aliphatic rings. The fourth-order valence-corrected chi connectivity index (χ4v) is 1.67. The molecule has 1 saturated heterocycles. The van der Waals surface area contributed by atoms with Gasteiger partial charge in [-0.2, -0.15) is 6.07 Å². The average Bonchev–Trinajstić information content (AvgIpc) is 2.58. The normalized spacial score (nSPS) is 17.2. The van der Waals surface area contributed by atoms with Crippen LogP contribution in [0.4, 0.5) is 0 Å². The van der Waals surface area contributed by atoms with Crippen LogP contribution in [0.1, 0.15) is 6.42 Å². The fourth-order valence-electron chi connectivity index (χ4n) is 1.03. The summed E-state index contributed by atoms with van der Waals surface area (Å²) in [5.74, 6) is 0. The molecule has 12 heavy (non-hydrogen) atoms. The second kappa shape index (κ2) is 6.06. The van der Waals surface area contributed by atoms with Crippen LogP contribution in [0.2, 0.25) is 0 Å². The van der Waals surface area contributed by atoms with E-state index in [1.807, 2.05) is 12.1 Å². The minimum absolute atomic E-state index is 0. The first kappa shape index (κ1) is 11.6. The van der Waals surface area contributed by atoms with Gasteiger partial charge in [0.15, 0.2) is 0 Å². The van der Waals surface area contributed by atoms with Crippen molar-refractivity contribution in [2.75, 3.05) is 13.2 Å². The molecule has 0 aromatic carbocycles. The molecule has 5 heteroatoms. The molecule has 0 amide bonds. The summed E-state index contributed by atoms with van der Waals surface area (Å²) in [4.78, 5) is 0. The van der Waals surface area contributed by atoms with Crippen LogP contribution in [0.3, 0.4) is 0 Å². The van der Waals surface area contributed by atoms with Gasteiger partial charge in [0.05, 0.1) is 0 Å². The summed E-state index contributed by atoms with van der Waals surface area (Å²) in [6.07, 6.45) is 1.01. The van der Waals surface area contributed by atoms with Gasteiger partial charge in [0.2, 0.25) is 0 Å². The molecular formula is C7H8BO2RbS. The maximum absolute atomic E-state index is 5.39. The Balaban J connectivity index is 0.000000720. The van der Waals surface area contributed by atoms with Crippen molar-refractivity contribution in [2.45, 2.75) is 6.42 Å². The van der Waals surface area contributed by atoms with E-state index in [-0.39, 0.29) is 65.3 Å². The van der Waals surface area contributed by atoms with Crippen molar-refractivity contribution in [1.82, 2.24) is 0 Å². The molecule has 0 saturated carbocycles. The van der Waals surface area contributed by atoms with Crippen LogP contribution >= 0.6 is 11.3 Å². The Morgan fingerprint density at radius 2 is 2.17 bits per heavy atom. The first-order valence-electron chi connectivity index (χ1n) is 3.66. The van der Waals surface area contributed by atoms with Crippen LogP contribution in [-0.2, 0) is 9.31 Å². The molecule has 2 heterocycles. The Labute approximate surface area is 126 Å². The van der Waals surface area contributed by atoms with Crippen LogP contribution in [0.15, 0.2) is 12.1 Å². The van der Waals surface area contributed by atoms with Crippen LogP contribution in [0, 0.1) is 5.38 Å². The molecule has 0 unspecified atom stereocenters. The molecule has 58 valence electrons. The second-order valence-electron chi connectivity index (χ2n) is 2.38. The number of rotatable bonds is 1. The summed E-state index contributed by atoms with van der Waals surface area (Å²) in [5.41, 5.74) is 0. The van der Waals surface area contributed by atoms with E-state index in [0.29, 0.717) is 0 Å². The smallest absolute Gasteiger partial charge is 0.418 e. The topological polar surface area (TPSA) is 18.5 Å². The molecule has 1 fully saturated rings. The van der Waals surface area contributed by atoms with E-state index in [0.717, 1.165) is 24.4 Å². The van der Waals surface area contributed by atoms with Crippen molar-refractivity contribution in [1.29, 1.82) is 0 Å². The fraction of sp³-hybridized carbons (Fsp3) is 0.429. The summed E-state index contributed by atoms with van der Waals surface area (Å²) in [6, 6.07) is 3.88. The first-order chi connectivity index (χ1) is 5.47. The molecule has 0 aliphatic carbocycles. The van der Waals surface area contributed by atoms with Gasteiger partial charge in [-0.05, 0) is 6.42 Å². The van der Waals surface area contributed by atoms with Gasteiger partial charge in [-0.25, -0.2) is 6.07 Å². The SMILES string of the molecule is [Rb+].[c-]1ccc(B2OCCCO2)s1. The van der Waals surface area contributed by atoms with Crippen molar-refractivity contribution >= 4 is 23.2 Å². The Bertz CT molecular complexity index is 211. The van der Waals surface area contributed by atoms with Gasteiger partial charge < -0.3 is 20.6 Å². The molecular weight excluding hydrogens is 244 g/mol. The van der Waals surface area contributed by atoms with Gasteiger partial charge in [-0.15, -0.1) is 10.2 Å². The van der Waals surface area contributed by atoms with Gasteiger partial charge in [-0.1, -0.05) is 0 Å². The summed E-state index contributed by atoms with van der Waals surface area (Å²) >= 11 is 1.55. The maximum Gasteiger partial charge on any atom is 1.00 e. The van der Waals surface area contributed by atoms with Crippen LogP contribution in [0.25, 0.3) is 0 Å². The summed E-state index contributed by atoms with van der Waals surface area (Å²) in [7, 11) is -0.125. The van der Waals surface area contributed by atoms with Gasteiger partial charge in [-0.3, -0.25) is 0 Å². The standard InChI is InChI=1S/C7H8BO2S.Rb/c1-3-7(11-6-1)8-9-4-2-5-10-8;/h1,3H,2,4-5H2;/q-1;+1. The maximum atomic E-state index is 5.39. The number of hydrogen-bond acceptors (Lipinski definition) is 3. The second-order valence-corrected chi connectivity index (χ2v) is 3.29. The predicted molar refractivity (Wildman–Crippen MR) is 45.1 cm³/mol. The van der Waals surface area contributed by atoms with E-state index in [9.17, 15) is 0 Å². The van der Waals surface area contributed by atoms with Gasteiger partial charge in [0.25, 0.3) is 0 Å². The van der Waals surface area contributed by atoms with Crippen LogP contribution < -0.4 is 63.0 Å². The Kier molecular flexibility index (Phi) is 5.84. The molecule has 1 aromatic rings. The van der Waals surface area contributed by atoms with Gasteiger partial charge in [0, 0.05) is 13.2 Å². The molecule has 0 bridgehead atoms. The molecule has 2 nitrogen and oxygen atoms in total. The average molecular weight is 252 g/mol. The van der Waals surface area contributed by atoms with Crippen LogP contribution in [0.5, 0.6) is 0 Å². The third-order valence-corrected chi connectivity index (χ3v) is 2.37. The minimum Gasteiger partial charge on any atom is -0.418 e. The first-order valence-corrected chi connectivity index (χ1v) is 4.47. The number of thiophene rings is 1. The Morgan fingerprint density at radius 3 is 2.75 bits per heavy atom. The van der Waals surface area contributed by atoms with E-state index in [2.05, 4.69) is 5.38 Å². The van der Waals surface area contributed by atoms with Crippen molar-refractivity contribution in [2.24, 2.45) is 0 Å². The third kappa shape index (κ3) is 3.01. The number of hydrogen-bond donors (Lipinski definition) is 0.